The summed E-state index contributed by atoms with van der Waals surface area (Å²) in [5, 5.41) is 6.86. The number of para-hydroxylation sites is 1. The van der Waals surface area contributed by atoms with E-state index in [1.54, 1.807) is 6.07 Å². The zero-order valence-corrected chi connectivity index (χ0v) is 21.5. The summed E-state index contributed by atoms with van der Waals surface area (Å²) < 4.78 is 5.41. The van der Waals surface area contributed by atoms with E-state index in [4.69, 9.17) is 16.3 Å². The van der Waals surface area contributed by atoms with E-state index >= 15 is 0 Å². The van der Waals surface area contributed by atoms with Crippen molar-refractivity contribution in [3.8, 4) is 0 Å². The molecule has 0 saturated carbocycles. The number of carbonyl (C=O) groups is 2. The molecule has 1 fully saturated rings. The van der Waals surface area contributed by atoms with Gasteiger partial charge in [-0.2, -0.15) is 0 Å². The van der Waals surface area contributed by atoms with E-state index in [0.717, 1.165) is 38.4 Å². The Bertz CT molecular complexity index is 1500. The molecule has 2 aromatic carbocycles. The van der Waals surface area contributed by atoms with Crippen molar-refractivity contribution >= 4 is 68.0 Å². The topological polar surface area (TPSA) is 99.7 Å². The van der Waals surface area contributed by atoms with Gasteiger partial charge in [0.15, 0.2) is 5.82 Å². The molecule has 1 saturated heterocycles. The molecule has 37 heavy (non-hydrogen) atoms. The van der Waals surface area contributed by atoms with E-state index in [-0.39, 0.29) is 5.91 Å². The van der Waals surface area contributed by atoms with Crippen LogP contribution in [-0.4, -0.2) is 53.1 Å². The largest absolute Gasteiger partial charge is 0.379 e. The van der Waals surface area contributed by atoms with E-state index in [0.29, 0.717) is 43.0 Å². The molecule has 11 heteroatoms. The van der Waals surface area contributed by atoms with Gasteiger partial charge in [0, 0.05) is 25.3 Å². The maximum Gasteiger partial charge on any atom is 0.332 e. The Morgan fingerprint density at radius 1 is 1.16 bits per heavy atom. The fourth-order valence-electron chi connectivity index (χ4n) is 4.64. The van der Waals surface area contributed by atoms with Crippen LogP contribution in [0, 0.1) is 6.92 Å². The second-order valence-electron chi connectivity index (χ2n) is 8.89. The molecule has 2 aliphatic rings. The number of carbonyl (C=O) groups excluding carboxylic acids is 2. The smallest absolute Gasteiger partial charge is 0.332 e. The SMILES string of the molecule is Cc1cccc(Cl)c1N1C(=O)Nc2c(C(=O)Nc3ccc(CN4CCOCC4)cc3)sc3ncnc1c23. The number of urea groups is 1. The van der Waals surface area contributed by atoms with Crippen molar-refractivity contribution in [3.63, 3.8) is 0 Å². The van der Waals surface area contributed by atoms with Gasteiger partial charge in [-0.1, -0.05) is 35.9 Å². The number of hydrogen-bond donors (Lipinski definition) is 2. The predicted molar refractivity (Wildman–Crippen MR) is 145 cm³/mol. The van der Waals surface area contributed by atoms with Crippen LogP contribution in [0.5, 0.6) is 0 Å². The zero-order chi connectivity index (χ0) is 25.5. The molecule has 4 aromatic rings. The summed E-state index contributed by atoms with van der Waals surface area (Å²) in [5.74, 6) is 0.0651. The number of morpholine rings is 1. The Labute approximate surface area is 222 Å². The highest BCUT2D eigenvalue weighted by atomic mass is 35.5. The lowest BCUT2D eigenvalue weighted by Crippen LogP contribution is -2.35. The van der Waals surface area contributed by atoms with Crippen molar-refractivity contribution in [1.29, 1.82) is 0 Å². The number of aromatic nitrogens is 2. The monoisotopic (exact) mass is 534 g/mol. The highest BCUT2D eigenvalue weighted by molar-refractivity contribution is 7.21. The Morgan fingerprint density at radius 3 is 2.70 bits per heavy atom. The Morgan fingerprint density at radius 2 is 1.95 bits per heavy atom. The van der Waals surface area contributed by atoms with Gasteiger partial charge in [0.1, 0.15) is 16.0 Å². The molecule has 2 aromatic heterocycles. The first-order valence-corrected chi connectivity index (χ1v) is 13.0. The normalized spacial score (nSPS) is 15.6. The van der Waals surface area contributed by atoms with Crippen LogP contribution in [0.25, 0.3) is 10.2 Å². The molecule has 0 unspecified atom stereocenters. The van der Waals surface area contributed by atoms with E-state index in [9.17, 15) is 9.59 Å². The van der Waals surface area contributed by atoms with Crippen molar-refractivity contribution in [2.75, 3.05) is 41.8 Å². The summed E-state index contributed by atoms with van der Waals surface area (Å²) in [6.45, 7) is 6.05. The molecule has 6 rings (SSSR count). The fourth-order valence-corrected chi connectivity index (χ4v) is 5.93. The lowest BCUT2D eigenvalue weighted by Gasteiger charge is -2.28. The molecule has 0 atom stereocenters. The zero-order valence-electron chi connectivity index (χ0n) is 20.0. The minimum absolute atomic E-state index is 0.326. The van der Waals surface area contributed by atoms with Crippen LogP contribution in [0.15, 0.2) is 48.8 Å². The third-order valence-electron chi connectivity index (χ3n) is 6.46. The molecule has 9 nitrogen and oxygen atoms in total. The van der Waals surface area contributed by atoms with Crippen LogP contribution in [0.4, 0.5) is 27.7 Å². The number of ether oxygens (including phenoxy) is 1. The molecule has 0 aliphatic carbocycles. The summed E-state index contributed by atoms with van der Waals surface area (Å²) in [6, 6.07) is 12.8. The summed E-state index contributed by atoms with van der Waals surface area (Å²) in [5.41, 5.74) is 3.61. The van der Waals surface area contributed by atoms with Gasteiger partial charge in [-0.25, -0.2) is 19.7 Å². The quantitative estimate of drug-likeness (QED) is 0.354. The minimum atomic E-state index is -0.441. The van der Waals surface area contributed by atoms with Crippen molar-refractivity contribution < 1.29 is 14.3 Å². The average molecular weight is 535 g/mol. The van der Waals surface area contributed by atoms with Crippen molar-refractivity contribution in [3.05, 3.63) is 69.8 Å². The van der Waals surface area contributed by atoms with Crippen LogP contribution in [-0.2, 0) is 11.3 Å². The van der Waals surface area contributed by atoms with Gasteiger partial charge in [-0.3, -0.25) is 9.69 Å². The Kier molecular flexibility index (Phi) is 6.25. The first-order chi connectivity index (χ1) is 18.0. The molecule has 4 heterocycles. The molecule has 2 aliphatic heterocycles. The Balaban J connectivity index is 1.29. The van der Waals surface area contributed by atoms with Crippen LogP contribution < -0.4 is 15.5 Å². The Hall–Kier alpha value is -3.57. The maximum atomic E-state index is 13.3. The van der Waals surface area contributed by atoms with Gasteiger partial charge in [-0.05, 0) is 36.2 Å². The van der Waals surface area contributed by atoms with E-state index in [2.05, 4.69) is 25.5 Å². The number of rotatable bonds is 5. The van der Waals surface area contributed by atoms with Gasteiger partial charge in [0.05, 0.1) is 35.0 Å². The predicted octanol–water partition coefficient (Wildman–Crippen LogP) is 5.42. The minimum Gasteiger partial charge on any atom is -0.379 e. The highest BCUT2D eigenvalue weighted by Crippen LogP contribution is 2.46. The second kappa shape index (κ2) is 9.71. The molecule has 3 amide bonds. The lowest BCUT2D eigenvalue weighted by molar-refractivity contribution is 0.0342. The van der Waals surface area contributed by atoms with Gasteiger partial charge in [-0.15, -0.1) is 11.3 Å². The first kappa shape index (κ1) is 23.8. The van der Waals surface area contributed by atoms with Crippen molar-refractivity contribution in [1.82, 2.24) is 14.9 Å². The molecular weight excluding hydrogens is 512 g/mol. The van der Waals surface area contributed by atoms with Gasteiger partial charge >= 0.3 is 6.03 Å². The molecule has 0 bridgehead atoms. The van der Waals surface area contributed by atoms with Gasteiger partial charge in [0.25, 0.3) is 5.91 Å². The number of amides is 3. The second-order valence-corrected chi connectivity index (χ2v) is 10.3. The van der Waals surface area contributed by atoms with Crippen LogP contribution in [0.3, 0.4) is 0 Å². The average Bonchev–Trinajstić information content (AvgIpc) is 3.27. The lowest BCUT2D eigenvalue weighted by atomic mass is 10.1. The fraction of sp³-hybridized carbons (Fsp3) is 0.231. The van der Waals surface area contributed by atoms with E-state index < -0.39 is 6.03 Å². The number of aryl methyl sites for hydroxylation is 1. The summed E-state index contributed by atoms with van der Waals surface area (Å²) >= 11 is 7.67. The van der Waals surface area contributed by atoms with Crippen LogP contribution >= 0.6 is 22.9 Å². The maximum absolute atomic E-state index is 13.3. The number of anilines is 4. The molecule has 2 N–H and O–H groups in total. The van der Waals surface area contributed by atoms with Gasteiger partial charge in [0.2, 0.25) is 0 Å². The third-order valence-corrected chi connectivity index (χ3v) is 7.86. The summed E-state index contributed by atoms with van der Waals surface area (Å²) in [4.78, 5) is 40.1. The molecule has 188 valence electrons. The summed E-state index contributed by atoms with van der Waals surface area (Å²) in [6.07, 6.45) is 1.39. The third kappa shape index (κ3) is 4.42. The first-order valence-electron chi connectivity index (χ1n) is 11.8. The molecular formula is C26H23ClN6O3S. The van der Waals surface area contributed by atoms with Crippen LogP contribution in [0.1, 0.15) is 20.8 Å². The summed E-state index contributed by atoms with van der Waals surface area (Å²) in [7, 11) is 0. The van der Waals surface area contributed by atoms with Gasteiger partial charge < -0.3 is 15.4 Å². The van der Waals surface area contributed by atoms with E-state index in [1.807, 2.05) is 43.3 Å². The number of nitrogens with one attached hydrogen (secondary N) is 2. The number of hydrogen-bond acceptors (Lipinski definition) is 7. The molecule has 0 radical (unpaired) electrons. The molecule has 0 spiro atoms. The standard InChI is InChI=1S/C26H23ClN6O3S/c1-15-3-2-4-18(27)21(15)33-23-19-20(31-26(33)35)22(37-25(19)29-14-28-23)24(34)30-17-7-5-16(6-8-17)13-32-9-11-36-12-10-32/h2-8,14H,9-13H2,1H3,(H,30,34)(H,31,35). The van der Waals surface area contributed by atoms with Crippen LogP contribution in [0.2, 0.25) is 5.02 Å². The number of thiophene rings is 1. The number of halogens is 1. The van der Waals surface area contributed by atoms with Crippen molar-refractivity contribution in [2.45, 2.75) is 13.5 Å². The highest BCUT2D eigenvalue weighted by Gasteiger charge is 2.35. The number of nitrogens with zero attached hydrogens (tertiary/aromatic N) is 4. The van der Waals surface area contributed by atoms with Crippen molar-refractivity contribution in [2.24, 2.45) is 0 Å². The number of benzene rings is 2. The van der Waals surface area contributed by atoms with E-state index in [1.165, 1.54) is 28.1 Å².